The van der Waals surface area contributed by atoms with Gasteiger partial charge in [0.2, 0.25) is 5.88 Å². The maximum Gasteiger partial charge on any atom is 0.259 e. The maximum atomic E-state index is 12.9. The van der Waals surface area contributed by atoms with Crippen molar-refractivity contribution in [1.82, 2.24) is 19.7 Å². The molecule has 0 bridgehead atoms. The van der Waals surface area contributed by atoms with Crippen molar-refractivity contribution >= 4 is 11.6 Å². The Labute approximate surface area is 173 Å². The monoisotopic (exact) mass is 401 g/mol. The fourth-order valence-corrected chi connectivity index (χ4v) is 2.85. The lowest BCUT2D eigenvalue weighted by Crippen LogP contribution is -2.14. The second-order valence-electron chi connectivity index (χ2n) is 6.33. The summed E-state index contributed by atoms with van der Waals surface area (Å²) in [7, 11) is 1.60. The largest absolute Gasteiger partial charge is 0.497 e. The molecule has 3 heterocycles. The smallest absolute Gasteiger partial charge is 0.259 e. The number of amides is 1. The topological polar surface area (TPSA) is 91.2 Å². The van der Waals surface area contributed by atoms with Crippen molar-refractivity contribution in [3.05, 3.63) is 84.4 Å². The number of nitrogens with one attached hydrogen (secondary N) is 1. The number of anilines is 1. The number of rotatable bonds is 6. The van der Waals surface area contributed by atoms with E-state index in [9.17, 15) is 4.79 Å². The van der Waals surface area contributed by atoms with Gasteiger partial charge in [-0.3, -0.25) is 4.79 Å². The first-order valence-electron chi connectivity index (χ1n) is 9.20. The van der Waals surface area contributed by atoms with Crippen LogP contribution in [0.1, 0.15) is 16.1 Å². The first-order valence-corrected chi connectivity index (χ1v) is 9.20. The van der Waals surface area contributed by atoms with Gasteiger partial charge < -0.3 is 14.8 Å². The van der Waals surface area contributed by atoms with Gasteiger partial charge in [0.05, 0.1) is 24.6 Å². The molecule has 4 aromatic rings. The summed E-state index contributed by atoms with van der Waals surface area (Å²) in [5.41, 5.74) is 1.55. The molecule has 0 radical (unpaired) electrons. The van der Waals surface area contributed by atoms with Crippen LogP contribution in [0.5, 0.6) is 17.4 Å². The minimum absolute atomic E-state index is 0.283. The number of hydrogen-bond acceptors (Lipinski definition) is 6. The Morgan fingerprint density at radius 1 is 0.967 bits per heavy atom. The molecule has 30 heavy (non-hydrogen) atoms. The van der Waals surface area contributed by atoms with Crippen LogP contribution in [0.4, 0.5) is 5.69 Å². The molecule has 0 spiro atoms. The summed E-state index contributed by atoms with van der Waals surface area (Å²) in [6.45, 7) is 1.81. The third-order valence-corrected chi connectivity index (χ3v) is 4.41. The average molecular weight is 401 g/mol. The number of carbonyl (C=O) groups is 1. The minimum Gasteiger partial charge on any atom is -0.497 e. The van der Waals surface area contributed by atoms with E-state index in [1.165, 1.54) is 6.20 Å². The molecule has 0 saturated carbocycles. The van der Waals surface area contributed by atoms with Crippen LogP contribution in [0.3, 0.4) is 0 Å². The first-order chi connectivity index (χ1) is 14.7. The van der Waals surface area contributed by atoms with Crippen LogP contribution < -0.4 is 14.8 Å². The van der Waals surface area contributed by atoms with E-state index in [2.05, 4.69) is 20.4 Å². The summed E-state index contributed by atoms with van der Waals surface area (Å²) in [4.78, 5) is 21.4. The zero-order valence-electron chi connectivity index (χ0n) is 16.4. The molecule has 0 aliphatic carbocycles. The number of ether oxygens (including phenoxy) is 2. The highest BCUT2D eigenvalue weighted by atomic mass is 16.5. The van der Waals surface area contributed by atoms with Gasteiger partial charge in [-0.15, -0.1) is 0 Å². The van der Waals surface area contributed by atoms with E-state index in [1.807, 2.05) is 25.1 Å². The van der Waals surface area contributed by atoms with Gasteiger partial charge in [0.15, 0.2) is 5.82 Å². The highest BCUT2D eigenvalue weighted by molar-refractivity contribution is 6.05. The van der Waals surface area contributed by atoms with E-state index in [1.54, 1.807) is 60.6 Å². The number of nitrogens with zero attached hydrogens (tertiary/aromatic N) is 4. The Morgan fingerprint density at radius 3 is 2.47 bits per heavy atom. The molecule has 4 rings (SSSR count). The van der Waals surface area contributed by atoms with E-state index in [4.69, 9.17) is 9.47 Å². The van der Waals surface area contributed by atoms with E-state index in [0.717, 1.165) is 5.75 Å². The van der Waals surface area contributed by atoms with Crippen LogP contribution in [-0.2, 0) is 0 Å². The molecular formula is C22H19N5O3. The third kappa shape index (κ3) is 3.97. The zero-order valence-corrected chi connectivity index (χ0v) is 16.4. The SMILES string of the molecule is COc1ccc(Oc2ncccc2NC(=O)c2cnn(-c3ccccn3)c2C)cc1. The molecule has 0 unspecified atom stereocenters. The molecule has 1 N–H and O–H groups in total. The quantitative estimate of drug-likeness (QED) is 0.525. The van der Waals surface area contributed by atoms with Gasteiger partial charge >= 0.3 is 0 Å². The Kier molecular flexibility index (Phi) is 5.38. The minimum atomic E-state index is -0.317. The van der Waals surface area contributed by atoms with Crippen LogP contribution in [-0.4, -0.2) is 32.8 Å². The fraction of sp³-hybridized carbons (Fsp3) is 0.0909. The van der Waals surface area contributed by atoms with Crippen molar-refractivity contribution in [2.75, 3.05) is 12.4 Å². The van der Waals surface area contributed by atoms with E-state index in [0.29, 0.717) is 28.5 Å². The predicted octanol–water partition coefficient (Wildman–Crippen LogP) is 4.02. The zero-order chi connectivity index (χ0) is 20.9. The number of hydrogen-bond donors (Lipinski definition) is 1. The average Bonchev–Trinajstić information content (AvgIpc) is 3.17. The molecule has 1 aromatic carbocycles. The van der Waals surface area contributed by atoms with E-state index in [-0.39, 0.29) is 11.8 Å². The molecule has 8 heteroatoms. The molecule has 0 fully saturated rings. The number of aromatic nitrogens is 4. The second-order valence-corrected chi connectivity index (χ2v) is 6.33. The summed E-state index contributed by atoms with van der Waals surface area (Å²) >= 11 is 0. The fourth-order valence-electron chi connectivity index (χ4n) is 2.85. The van der Waals surface area contributed by atoms with Crippen LogP contribution in [0.15, 0.2) is 73.2 Å². The van der Waals surface area contributed by atoms with Crippen molar-refractivity contribution in [3.8, 4) is 23.2 Å². The van der Waals surface area contributed by atoms with Crippen LogP contribution in [0.2, 0.25) is 0 Å². The van der Waals surface area contributed by atoms with Crippen molar-refractivity contribution in [2.24, 2.45) is 0 Å². The highest BCUT2D eigenvalue weighted by Gasteiger charge is 2.18. The molecule has 0 aliphatic heterocycles. The van der Waals surface area contributed by atoms with Crippen molar-refractivity contribution in [2.45, 2.75) is 6.92 Å². The van der Waals surface area contributed by atoms with Crippen molar-refractivity contribution in [3.63, 3.8) is 0 Å². The van der Waals surface area contributed by atoms with Gasteiger partial charge in [0.1, 0.15) is 17.2 Å². The molecule has 150 valence electrons. The molecule has 0 saturated heterocycles. The Balaban J connectivity index is 1.55. The highest BCUT2D eigenvalue weighted by Crippen LogP contribution is 2.28. The van der Waals surface area contributed by atoms with Gasteiger partial charge in [0, 0.05) is 12.4 Å². The molecule has 3 aromatic heterocycles. The van der Waals surface area contributed by atoms with Crippen LogP contribution in [0, 0.1) is 6.92 Å². The Hall–Kier alpha value is -4.20. The first kappa shape index (κ1) is 19.1. The van der Waals surface area contributed by atoms with Gasteiger partial charge in [-0.05, 0) is 55.5 Å². The lowest BCUT2D eigenvalue weighted by molar-refractivity contribution is 0.102. The second kappa shape index (κ2) is 8.44. The molecule has 8 nitrogen and oxygen atoms in total. The van der Waals surface area contributed by atoms with Gasteiger partial charge in [0.25, 0.3) is 5.91 Å². The van der Waals surface area contributed by atoms with Crippen LogP contribution in [0.25, 0.3) is 5.82 Å². The number of carbonyl (C=O) groups excluding carboxylic acids is 1. The number of methoxy groups -OCH3 is 1. The Bertz CT molecular complexity index is 1160. The lowest BCUT2D eigenvalue weighted by atomic mass is 10.2. The van der Waals surface area contributed by atoms with Gasteiger partial charge in [-0.2, -0.15) is 5.10 Å². The van der Waals surface area contributed by atoms with Crippen LogP contribution >= 0.6 is 0 Å². The number of benzene rings is 1. The lowest BCUT2D eigenvalue weighted by Gasteiger charge is -2.11. The molecular weight excluding hydrogens is 382 g/mol. The summed E-state index contributed by atoms with van der Waals surface area (Å²) in [6, 6.07) is 16.1. The summed E-state index contributed by atoms with van der Waals surface area (Å²) in [6.07, 6.45) is 4.78. The molecule has 1 amide bonds. The normalized spacial score (nSPS) is 10.5. The third-order valence-electron chi connectivity index (χ3n) is 4.41. The van der Waals surface area contributed by atoms with Gasteiger partial charge in [-0.1, -0.05) is 6.07 Å². The maximum absolute atomic E-state index is 12.9. The summed E-state index contributed by atoms with van der Waals surface area (Å²) in [5, 5.41) is 7.14. The number of pyridine rings is 2. The molecule has 0 atom stereocenters. The standard InChI is InChI=1S/C22H19N5O3/c1-15-18(14-25-27(15)20-7-3-4-12-23-20)21(28)26-19-6-5-13-24-22(19)30-17-10-8-16(29-2)9-11-17/h3-14H,1-2H3,(H,26,28). The van der Waals surface area contributed by atoms with Crippen molar-refractivity contribution < 1.29 is 14.3 Å². The predicted molar refractivity (Wildman–Crippen MR) is 111 cm³/mol. The van der Waals surface area contributed by atoms with E-state index < -0.39 is 0 Å². The molecule has 0 aliphatic rings. The summed E-state index contributed by atoms with van der Waals surface area (Å²) < 4.78 is 12.6. The summed E-state index contributed by atoms with van der Waals surface area (Å²) in [5.74, 6) is 1.90. The van der Waals surface area contributed by atoms with E-state index >= 15 is 0 Å². The Morgan fingerprint density at radius 2 is 1.73 bits per heavy atom. The van der Waals surface area contributed by atoms with Gasteiger partial charge in [-0.25, -0.2) is 14.6 Å². The van der Waals surface area contributed by atoms with Crippen molar-refractivity contribution in [1.29, 1.82) is 0 Å².